The summed E-state index contributed by atoms with van der Waals surface area (Å²) in [5.74, 6) is -0.499. The number of nitrogens with zero attached hydrogens (tertiary/aromatic N) is 2. The second-order valence-corrected chi connectivity index (χ2v) is 5.47. The van der Waals surface area contributed by atoms with Gasteiger partial charge in [-0.05, 0) is 36.4 Å². The summed E-state index contributed by atoms with van der Waals surface area (Å²) >= 11 is 0. The Labute approximate surface area is 143 Å². The van der Waals surface area contributed by atoms with Crippen LogP contribution in [-0.2, 0) is 18.3 Å². The van der Waals surface area contributed by atoms with E-state index in [2.05, 4.69) is 15.0 Å². The minimum atomic E-state index is -0.459. The van der Waals surface area contributed by atoms with Gasteiger partial charge in [0.05, 0.1) is 30.3 Å². The Morgan fingerprint density at radius 1 is 1.16 bits per heavy atom. The van der Waals surface area contributed by atoms with Gasteiger partial charge in [0, 0.05) is 18.7 Å². The normalized spacial score (nSPS) is 10.7. The van der Waals surface area contributed by atoms with Crippen molar-refractivity contribution >= 4 is 22.9 Å². The number of carbonyl (C=O) groups excluding carboxylic acids is 2. The van der Waals surface area contributed by atoms with Gasteiger partial charge in [-0.15, -0.1) is 0 Å². The summed E-state index contributed by atoms with van der Waals surface area (Å²) in [6, 6.07) is 10.5. The zero-order valence-corrected chi connectivity index (χ0v) is 13.7. The molecule has 0 radical (unpaired) electrons. The molecule has 0 saturated heterocycles. The lowest BCUT2D eigenvalue weighted by molar-refractivity contribution is 0.0600. The van der Waals surface area contributed by atoms with Crippen LogP contribution in [0.1, 0.15) is 26.5 Å². The van der Waals surface area contributed by atoms with Crippen LogP contribution < -0.4 is 5.32 Å². The average molecular weight is 341 g/mol. The summed E-state index contributed by atoms with van der Waals surface area (Å²) < 4.78 is 19.7. The third-order valence-corrected chi connectivity index (χ3v) is 3.91. The largest absolute Gasteiger partial charge is 0.465 e. The quantitative estimate of drug-likeness (QED) is 0.740. The van der Waals surface area contributed by atoms with Crippen molar-refractivity contribution in [2.24, 2.45) is 7.05 Å². The standard InChI is InChI=1S/C18H16FN3O3/c1-22-15-8-7-13(19)9-14(15)21-16(22)10-20-17(23)11-3-5-12(6-4-11)18(24)25-2/h3-9H,10H2,1-2H3,(H,20,23). The fourth-order valence-electron chi connectivity index (χ4n) is 2.52. The van der Waals surface area contributed by atoms with Crippen LogP contribution in [0.2, 0.25) is 0 Å². The number of halogens is 1. The summed E-state index contributed by atoms with van der Waals surface area (Å²) in [5, 5.41) is 2.76. The van der Waals surface area contributed by atoms with Gasteiger partial charge in [-0.25, -0.2) is 14.2 Å². The number of ether oxygens (including phenoxy) is 1. The van der Waals surface area contributed by atoms with E-state index in [-0.39, 0.29) is 18.3 Å². The number of esters is 1. The number of hydrogen-bond acceptors (Lipinski definition) is 4. The van der Waals surface area contributed by atoms with Crippen LogP contribution in [0.15, 0.2) is 42.5 Å². The van der Waals surface area contributed by atoms with Crippen LogP contribution in [0.4, 0.5) is 4.39 Å². The molecule has 1 aromatic heterocycles. The number of fused-ring (bicyclic) bond motifs is 1. The summed E-state index contributed by atoms with van der Waals surface area (Å²) in [7, 11) is 3.10. The molecular weight excluding hydrogens is 325 g/mol. The number of methoxy groups -OCH3 is 1. The minimum absolute atomic E-state index is 0.199. The smallest absolute Gasteiger partial charge is 0.337 e. The molecule has 6 nitrogen and oxygen atoms in total. The highest BCUT2D eigenvalue weighted by molar-refractivity contribution is 5.96. The number of aryl methyl sites for hydroxylation is 1. The first-order chi connectivity index (χ1) is 12.0. The van der Waals surface area contributed by atoms with E-state index in [0.29, 0.717) is 22.5 Å². The van der Waals surface area contributed by atoms with Gasteiger partial charge < -0.3 is 14.6 Å². The van der Waals surface area contributed by atoms with E-state index in [0.717, 1.165) is 5.52 Å². The van der Waals surface area contributed by atoms with E-state index in [4.69, 9.17) is 0 Å². The van der Waals surface area contributed by atoms with E-state index in [1.165, 1.54) is 31.4 Å². The Balaban J connectivity index is 1.72. The van der Waals surface area contributed by atoms with Gasteiger partial charge in [-0.1, -0.05) is 0 Å². The second-order valence-electron chi connectivity index (χ2n) is 5.47. The molecule has 128 valence electrons. The van der Waals surface area contributed by atoms with Gasteiger partial charge in [-0.3, -0.25) is 4.79 Å². The molecule has 3 aromatic rings. The number of imidazole rings is 1. The van der Waals surface area contributed by atoms with Crippen molar-refractivity contribution in [3.63, 3.8) is 0 Å². The molecule has 0 aliphatic heterocycles. The number of benzene rings is 2. The summed E-state index contributed by atoms with van der Waals surface area (Å²) in [6.45, 7) is 0.199. The molecular formula is C18H16FN3O3. The Kier molecular flexibility index (Phi) is 4.47. The lowest BCUT2D eigenvalue weighted by atomic mass is 10.1. The van der Waals surface area contributed by atoms with E-state index >= 15 is 0 Å². The first kappa shape index (κ1) is 16.6. The minimum Gasteiger partial charge on any atom is -0.465 e. The highest BCUT2D eigenvalue weighted by Crippen LogP contribution is 2.16. The zero-order chi connectivity index (χ0) is 18.0. The SMILES string of the molecule is COC(=O)c1ccc(C(=O)NCc2nc3cc(F)ccc3n2C)cc1. The summed E-state index contributed by atoms with van der Waals surface area (Å²) in [5.41, 5.74) is 2.11. The molecule has 0 aliphatic rings. The fourth-order valence-corrected chi connectivity index (χ4v) is 2.52. The molecule has 1 heterocycles. The topological polar surface area (TPSA) is 73.2 Å². The number of rotatable bonds is 4. The van der Waals surface area contributed by atoms with Crippen molar-refractivity contribution in [1.29, 1.82) is 0 Å². The first-order valence-corrected chi connectivity index (χ1v) is 7.57. The number of hydrogen-bond donors (Lipinski definition) is 1. The van der Waals surface area contributed by atoms with Crippen molar-refractivity contribution in [3.05, 3.63) is 65.2 Å². The highest BCUT2D eigenvalue weighted by atomic mass is 19.1. The van der Waals surface area contributed by atoms with Crippen LogP contribution in [0.3, 0.4) is 0 Å². The van der Waals surface area contributed by atoms with Crippen molar-refractivity contribution in [2.45, 2.75) is 6.54 Å². The molecule has 25 heavy (non-hydrogen) atoms. The predicted octanol–water partition coefficient (Wildman–Crippen LogP) is 2.43. The second kappa shape index (κ2) is 6.72. The molecule has 0 unspecified atom stereocenters. The van der Waals surface area contributed by atoms with Gasteiger partial charge >= 0.3 is 5.97 Å². The average Bonchev–Trinajstić information content (AvgIpc) is 2.94. The number of nitrogens with one attached hydrogen (secondary N) is 1. The molecule has 0 aliphatic carbocycles. The van der Waals surface area contributed by atoms with Crippen molar-refractivity contribution in [3.8, 4) is 0 Å². The Morgan fingerprint density at radius 3 is 2.52 bits per heavy atom. The highest BCUT2D eigenvalue weighted by Gasteiger charge is 2.12. The molecule has 0 saturated carbocycles. The van der Waals surface area contributed by atoms with Crippen molar-refractivity contribution in [2.75, 3.05) is 7.11 Å². The van der Waals surface area contributed by atoms with E-state index in [1.807, 2.05) is 0 Å². The maximum absolute atomic E-state index is 13.3. The first-order valence-electron chi connectivity index (χ1n) is 7.57. The van der Waals surface area contributed by atoms with Crippen LogP contribution in [0.25, 0.3) is 11.0 Å². The van der Waals surface area contributed by atoms with Gasteiger partial charge in [0.15, 0.2) is 0 Å². The Hall–Kier alpha value is -3.22. The third-order valence-electron chi connectivity index (χ3n) is 3.91. The molecule has 1 N–H and O–H groups in total. The lowest BCUT2D eigenvalue weighted by Gasteiger charge is -2.06. The third kappa shape index (κ3) is 3.35. The molecule has 7 heteroatoms. The lowest BCUT2D eigenvalue weighted by Crippen LogP contribution is -2.24. The van der Waals surface area contributed by atoms with E-state index in [1.54, 1.807) is 29.8 Å². The fraction of sp³-hybridized carbons (Fsp3) is 0.167. The molecule has 3 rings (SSSR count). The van der Waals surface area contributed by atoms with Crippen molar-refractivity contribution < 1.29 is 18.7 Å². The van der Waals surface area contributed by atoms with Crippen LogP contribution >= 0.6 is 0 Å². The summed E-state index contributed by atoms with van der Waals surface area (Å²) in [4.78, 5) is 28.0. The number of carbonyl (C=O) groups is 2. The summed E-state index contributed by atoms with van der Waals surface area (Å²) in [6.07, 6.45) is 0. The molecule has 0 bridgehead atoms. The van der Waals surface area contributed by atoms with Crippen molar-refractivity contribution in [1.82, 2.24) is 14.9 Å². The predicted molar refractivity (Wildman–Crippen MR) is 89.6 cm³/mol. The molecule has 0 fully saturated rings. The number of amides is 1. The van der Waals surface area contributed by atoms with Gasteiger partial charge in [0.25, 0.3) is 5.91 Å². The van der Waals surface area contributed by atoms with Crippen LogP contribution in [-0.4, -0.2) is 28.5 Å². The van der Waals surface area contributed by atoms with Gasteiger partial charge in [-0.2, -0.15) is 0 Å². The Bertz CT molecular complexity index is 948. The monoisotopic (exact) mass is 341 g/mol. The van der Waals surface area contributed by atoms with Crippen LogP contribution in [0.5, 0.6) is 0 Å². The maximum atomic E-state index is 13.3. The molecule has 0 spiro atoms. The maximum Gasteiger partial charge on any atom is 0.337 e. The Morgan fingerprint density at radius 2 is 1.84 bits per heavy atom. The van der Waals surface area contributed by atoms with Gasteiger partial charge in [0.2, 0.25) is 0 Å². The van der Waals surface area contributed by atoms with E-state index < -0.39 is 5.97 Å². The van der Waals surface area contributed by atoms with Gasteiger partial charge in [0.1, 0.15) is 11.6 Å². The molecule has 1 amide bonds. The molecule has 2 aromatic carbocycles. The number of aromatic nitrogens is 2. The zero-order valence-electron chi connectivity index (χ0n) is 13.7. The van der Waals surface area contributed by atoms with Crippen LogP contribution in [0, 0.1) is 5.82 Å². The molecule has 0 atom stereocenters. The van der Waals surface area contributed by atoms with E-state index in [9.17, 15) is 14.0 Å².